The summed E-state index contributed by atoms with van der Waals surface area (Å²) in [6, 6.07) is 9.92. The molecule has 4 fully saturated rings. The smallest absolute Gasteiger partial charge is 0.122 e. The lowest BCUT2D eigenvalue weighted by atomic mass is 9.75. The molecule has 1 aromatic heterocycles. The molecule has 0 saturated carbocycles. The predicted octanol–water partition coefficient (Wildman–Crippen LogP) is 2.80. The maximum Gasteiger partial charge on any atom is 0.122 e. The van der Waals surface area contributed by atoms with E-state index in [1.807, 2.05) is 11.7 Å². The van der Waals surface area contributed by atoms with Crippen molar-refractivity contribution >= 4 is 0 Å². The summed E-state index contributed by atoms with van der Waals surface area (Å²) in [5.74, 6) is 2.39. The molecular weight excluding hydrogens is 336 g/mol. The average molecular weight is 367 g/mol. The van der Waals surface area contributed by atoms with Crippen molar-refractivity contribution in [1.82, 2.24) is 19.6 Å². The maximum absolute atomic E-state index is 5.74. The summed E-state index contributed by atoms with van der Waals surface area (Å²) in [5.41, 5.74) is 4.04. The van der Waals surface area contributed by atoms with Gasteiger partial charge in [0.15, 0.2) is 0 Å². The van der Waals surface area contributed by atoms with Crippen LogP contribution in [0.1, 0.15) is 35.6 Å². The summed E-state index contributed by atoms with van der Waals surface area (Å²) in [5, 5.41) is 4.47. The van der Waals surface area contributed by atoms with E-state index in [-0.39, 0.29) is 0 Å². The van der Waals surface area contributed by atoms with Crippen molar-refractivity contribution in [1.29, 1.82) is 0 Å². The number of hydrogen-bond acceptors (Lipinski definition) is 4. The number of likely N-dealkylation sites (tertiary alicyclic amines) is 1. The first-order chi connectivity index (χ1) is 13.2. The van der Waals surface area contributed by atoms with Gasteiger partial charge in [0.05, 0.1) is 13.3 Å². The second kappa shape index (κ2) is 6.64. The summed E-state index contributed by atoms with van der Waals surface area (Å²) >= 11 is 0. The molecule has 0 N–H and O–H groups in total. The van der Waals surface area contributed by atoms with Crippen LogP contribution in [-0.2, 0) is 13.6 Å². The first kappa shape index (κ1) is 17.3. The Kier molecular flexibility index (Phi) is 4.25. The van der Waals surface area contributed by atoms with Crippen LogP contribution < -0.4 is 4.74 Å². The maximum atomic E-state index is 5.74. The van der Waals surface area contributed by atoms with E-state index in [0.717, 1.165) is 24.8 Å². The van der Waals surface area contributed by atoms with Crippen molar-refractivity contribution in [3.05, 3.63) is 47.3 Å². The van der Waals surface area contributed by atoms with Crippen LogP contribution in [0.3, 0.4) is 0 Å². The van der Waals surface area contributed by atoms with Crippen LogP contribution in [0.2, 0.25) is 0 Å². The van der Waals surface area contributed by atoms with Gasteiger partial charge >= 0.3 is 0 Å². The Balaban J connectivity index is 1.51. The molecule has 4 saturated heterocycles. The van der Waals surface area contributed by atoms with Crippen LogP contribution >= 0.6 is 0 Å². The highest BCUT2D eigenvalue weighted by Gasteiger charge is 2.53. The van der Waals surface area contributed by atoms with Gasteiger partial charge in [0.25, 0.3) is 0 Å². The normalized spacial score (nSPS) is 32.6. The van der Waals surface area contributed by atoms with E-state index in [1.54, 1.807) is 7.11 Å². The topological polar surface area (TPSA) is 33.5 Å². The fourth-order valence-electron chi connectivity index (χ4n) is 5.89. The van der Waals surface area contributed by atoms with Gasteiger partial charge in [-0.25, -0.2) is 0 Å². The first-order valence-electron chi connectivity index (χ1n) is 10.3. The van der Waals surface area contributed by atoms with Crippen molar-refractivity contribution < 1.29 is 4.74 Å². The van der Waals surface area contributed by atoms with Crippen LogP contribution in [0.5, 0.6) is 5.75 Å². The van der Waals surface area contributed by atoms with E-state index in [0.29, 0.717) is 18.0 Å². The standard InChI is InChI=1S/C22H30N4O/c1-15-17(12-23-24(15)2)13-26-14-19(18-6-4-5-7-20(18)27-3)22-21(26)16-8-10-25(22)11-9-16/h4-7,12,16,19,21-22H,8-11,13-14H2,1-3H3/t19-,21+,22+/m0/s1. The quantitative estimate of drug-likeness (QED) is 0.833. The summed E-state index contributed by atoms with van der Waals surface area (Å²) < 4.78 is 7.74. The van der Waals surface area contributed by atoms with Crippen LogP contribution in [0.4, 0.5) is 0 Å². The van der Waals surface area contributed by atoms with Crippen molar-refractivity contribution in [2.75, 3.05) is 26.7 Å². The summed E-state index contributed by atoms with van der Waals surface area (Å²) in [7, 11) is 3.84. The number of fused-ring (bicyclic) bond motifs is 2. The molecule has 144 valence electrons. The number of hydrogen-bond donors (Lipinski definition) is 0. The molecule has 5 heterocycles. The zero-order valence-electron chi connectivity index (χ0n) is 16.6. The van der Waals surface area contributed by atoms with Gasteiger partial charge < -0.3 is 4.74 Å². The molecule has 0 amide bonds. The van der Waals surface area contributed by atoms with Crippen LogP contribution in [0.25, 0.3) is 0 Å². The molecule has 5 heteroatoms. The molecule has 4 aliphatic rings. The van der Waals surface area contributed by atoms with Gasteiger partial charge in [-0.2, -0.15) is 5.10 Å². The number of ether oxygens (including phenoxy) is 1. The molecule has 6 rings (SSSR count). The number of piperidine rings is 3. The molecule has 0 spiro atoms. The number of aryl methyl sites for hydroxylation is 1. The molecule has 27 heavy (non-hydrogen) atoms. The minimum Gasteiger partial charge on any atom is -0.496 e. The number of methoxy groups -OCH3 is 1. The van der Waals surface area contributed by atoms with E-state index >= 15 is 0 Å². The Hall–Kier alpha value is -1.85. The number of rotatable bonds is 4. The predicted molar refractivity (Wildman–Crippen MR) is 106 cm³/mol. The van der Waals surface area contributed by atoms with Crippen LogP contribution in [0, 0.1) is 12.8 Å². The number of benzene rings is 1. The first-order valence-corrected chi connectivity index (χ1v) is 10.3. The molecule has 3 atom stereocenters. The second-order valence-electron chi connectivity index (χ2n) is 8.51. The highest BCUT2D eigenvalue weighted by atomic mass is 16.5. The van der Waals surface area contributed by atoms with E-state index in [2.05, 4.69) is 52.3 Å². The zero-order valence-corrected chi connectivity index (χ0v) is 16.6. The molecule has 0 radical (unpaired) electrons. The largest absolute Gasteiger partial charge is 0.496 e. The Morgan fingerprint density at radius 1 is 1.15 bits per heavy atom. The van der Waals surface area contributed by atoms with E-state index < -0.39 is 0 Å². The van der Waals surface area contributed by atoms with E-state index in [4.69, 9.17) is 4.74 Å². The van der Waals surface area contributed by atoms with Crippen LogP contribution in [0.15, 0.2) is 30.5 Å². The Bertz CT molecular complexity index is 823. The fourth-order valence-corrected chi connectivity index (χ4v) is 5.89. The fraction of sp³-hybridized carbons (Fsp3) is 0.591. The molecular formula is C22H30N4O. The van der Waals surface area contributed by atoms with Crippen molar-refractivity contribution in [2.24, 2.45) is 13.0 Å². The van der Waals surface area contributed by atoms with E-state index in [9.17, 15) is 0 Å². The Labute approximate surface area is 161 Å². The molecule has 1 aromatic carbocycles. The molecule has 0 aliphatic carbocycles. The van der Waals surface area contributed by atoms with Crippen molar-refractivity contribution in [3.63, 3.8) is 0 Å². The molecule has 4 aliphatic heterocycles. The van der Waals surface area contributed by atoms with Gasteiger partial charge in [0, 0.05) is 55.0 Å². The number of nitrogens with zero attached hydrogens (tertiary/aromatic N) is 4. The lowest BCUT2D eigenvalue weighted by molar-refractivity contribution is -0.00884. The third kappa shape index (κ3) is 2.71. The third-order valence-corrected chi connectivity index (χ3v) is 7.34. The van der Waals surface area contributed by atoms with Gasteiger partial charge in [-0.1, -0.05) is 18.2 Å². The lowest BCUT2D eigenvalue weighted by Crippen LogP contribution is -2.60. The minimum atomic E-state index is 0.520. The summed E-state index contributed by atoms with van der Waals surface area (Å²) in [4.78, 5) is 5.51. The third-order valence-electron chi connectivity index (χ3n) is 7.34. The van der Waals surface area contributed by atoms with Gasteiger partial charge in [-0.3, -0.25) is 14.5 Å². The lowest BCUT2D eigenvalue weighted by Gasteiger charge is -2.51. The summed E-state index contributed by atoms with van der Waals surface area (Å²) in [6.07, 6.45) is 4.76. The van der Waals surface area contributed by atoms with Crippen molar-refractivity contribution in [3.8, 4) is 5.75 Å². The molecule has 0 unspecified atom stereocenters. The zero-order chi connectivity index (χ0) is 18.5. The Morgan fingerprint density at radius 3 is 2.63 bits per heavy atom. The minimum absolute atomic E-state index is 0.520. The monoisotopic (exact) mass is 366 g/mol. The van der Waals surface area contributed by atoms with Crippen LogP contribution in [-0.4, -0.2) is 58.4 Å². The second-order valence-corrected chi connectivity index (χ2v) is 8.51. The van der Waals surface area contributed by atoms with Gasteiger partial charge in [0.1, 0.15) is 5.75 Å². The SMILES string of the molecule is COc1ccccc1[C@@H]1CN(Cc2cnn(C)c2C)[C@@H]2C3CCN(CC3)[C@@H]21. The molecule has 2 bridgehead atoms. The van der Waals surface area contributed by atoms with Crippen molar-refractivity contribution in [2.45, 2.75) is 44.3 Å². The highest BCUT2D eigenvalue weighted by Crippen LogP contribution is 2.48. The Morgan fingerprint density at radius 2 is 1.93 bits per heavy atom. The number of aromatic nitrogens is 2. The summed E-state index contributed by atoms with van der Waals surface area (Å²) in [6.45, 7) is 6.83. The van der Waals surface area contributed by atoms with Gasteiger partial charge in [0.2, 0.25) is 0 Å². The molecule has 5 nitrogen and oxygen atoms in total. The molecule has 2 aromatic rings. The average Bonchev–Trinajstić information content (AvgIpc) is 3.26. The number of para-hydroxylation sites is 1. The van der Waals surface area contributed by atoms with E-state index in [1.165, 1.54) is 42.8 Å². The van der Waals surface area contributed by atoms with Gasteiger partial charge in [-0.05, 0) is 44.8 Å². The highest BCUT2D eigenvalue weighted by molar-refractivity contribution is 5.39. The van der Waals surface area contributed by atoms with Gasteiger partial charge in [-0.15, -0.1) is 0 Å².